The number of ether oxygens (including phenoxy) is 2. The maximum Gasteiger partial charge on any atom is 0.339 e. The lowest BCUT2D eigenvalue weighted by Crippen LogP contribution is -2.01. The van der Waals surface area contributed by atoms with Gasteiger partial charge in [0.2, 0.25) is 0 Å². The summed E-state index contributed by atoms with van der Waals surface area (Å²) in [6.07, 6.45) is 1.70. The summed E-state index contributed by atoms with van der Waals surface area (Å²) >= 11 is 0. The molecule has 2 heterocycles. The fourth-order valence-corrected chi connectivity index (χ4v) is 2.96. The Kier molecular flexibility index (Phi) is 2.82. The van der Waals surface area contributed by atoms with Crippen molar-refractivity contribution in [2.24, 2.45) is 0 Å². The first kappa shape index (κ1) is 12.8. The number of nitrogens with zero attached hydrogens (tertiary/aromatic N) is 1. The fourth-order valence-electron chi connectivity index (χ4n) is 2.96. The van der Waals surface area contributed by atoms with Crippen LogP contribution in [0.3, 0.4) is 0 Å². The SMILES string of the molecule is COc1cccnc1-c1c2c(cc3ccccc13)COC2=O. The normalized spacial score (nSPS) is 13.0. The molecule has 0 saturated heterocycles. The van der Waals surface area contributed by atoms with Gasteiger partial charge in [-0.2, -0.15) is 0 Å². The van der Waals surface area contributed by atoms with Crippen molar-refractivity contribution in [3.8, 4) is 17.0 Å². The van der Waals surface area contributed by atoms with E-state index in [1.165, 1.54) is 0 Å². The molecule has 0 spiro atoms. The number of esters is 1. The standard InChI is InChI=1S/C18H13NO3/c1-21-14-7-4-8-19-17(14)16-13-6-3-2-5-11(13)9-12-10-22-18(20)15(12)16/h2-9H,10H2,1H3. The van der Waals surface area contributed by atoms with Crippen LogP contribution in [0.4, 0.5) is 0 Å². The molecule has 0 unspecified atom stereocenters. The zero-order chi connectivity index (χ0) is 15.1. The first-order valence-corrected chi connectivity index (χ1v) is 7.00. The van der Waals surface area contributed by atoms with Gasteiger partial charge in [-0.05, 0) is 29.0 Å². The molecule has 4 heteroatoms. The van der Waals surface area contributed by atoms with E-state index < -0.39 is 0 Å². The lowest BCUT2D eigenvalue weighted by molar-refractivity contribution is 0.0535. The Balaban J connectivity index is 2.16. The molecule has 4 rings (SSSR count). The second-order valence-corrected chi connectivity index (χ2v) is 5.14. The summed E-state index contributed by atoms with van der Waals surface area (Å²) in [5.74, 6) is 0.337. The molecular formula is C18H13NO3. The molecule has 3 aromatic rings. The summed E-state index contributed by atoms with van der Waals surface area (Å²) in [7, 11) is 1.60. The molecule has 1 aromatic heterocycles. The molecule has 1 aliphatic rings. The van der Waals surface area contributed by atoms with Crippen molar-refractivity contribution in [2.75, 3.05) is 7.11 Å². The van der Waals surface area contributed by atoms with Crippen molar-refractivity contribution in [1.82, 2.24) is 4.98 Å². The van der Waals surface area contributed by atoms with Crippen LogP contribution in [0.5, 0.6) is 5.75 Å². The molecule has 0 fully saturated rings. The number of cyclic esters (lactones) is 1. The van der Waals surface area contributed by atoms with E-state index >= 15 is 0 Å². The minimum absolute atomic E-state index is 0.302. The van der Waals surface area contributed by atoms with Gasteiger partial charge in [-0.1, -0.05) is 24.3 Å². The number of carbonyl (C=O) groups is 1. The number of pyridine rings is 1. The number of carbonyl (C=O) groups excluding carboxylic acids is 1. The van der Waals surface area contributed by atoms with Crippen LogP contribution in [0, 0.1) is 0 Å². The molecule has 0 bridgehead atoms. The summed E-state index contributed by atoms with van der Waals surface area (Å²) in [6.45, 7) is 0.307. The smallest absolute Gasteiger partial charge is 0.339 e. The topological polar surface area (TPSA) is 48.4 Å². The van der Waals surface area contributed by atoms with E-state index in [9.17, 15) is 4.79 Å². The van der Waals surface area contributed by atoms with Crippen molar-refractivity contribution in [3.63, 3.8) is 0 Å². The minimum Gasteiger partial charge on any atom is -0.494 e. The number of aromatic nitrogens is 1. The maximum atomic E-state index is 12.2. The molecule has 0 atom stereocenters. The van der Waals surface area contributed by atoms with Gasteiger partial charge < -0.3 is 9.47 Å². The Hall–Kier alpha value is -2.88. The van der Waals surface area contributed by atoms with Crippen molar-refractivity contribution < 1.29 is 14.3 Å². The molecule has 4 nitrogen and oxygen atoms in total. The second kappa shape index (κ2) is 4.84. The zero-order valence-electron chi connectivity index (χ0n) is 12.0. The number of hydrogen-bond donors (Lipinski definition) is 0. The van der Waals surface area contributed by atoms with E-state index in [4.69, 9.17) is 9.47 Å². The summed E-state index contributed by atoms with van der Waals surface area (Å²) < 4.78 is 10.7. The van der Waals surface area contributed by atoms with Crippen LogP contribution < -0.4 is 4.74 Å². The van der Waals surface area contributed by atoms with E-state index in [1.54, 1.807) is 13.3 Å². The maximum absolute atomic E-state index is 12.2. The first-order valence-electron chi connectivity index (χ1n) is 7.00. The second-order valence-electron chi connectivity index (χ2n) is 5.14. The van der Waals surface area contributed by atoms with Crippen molar-refractivity contribution in [1.29, 1.82) is 0 Å². The number of methoxy groups -OCH3 is 1. The molecular weight excluding hydrogens is 278 g/mol. The Bertz CT molecular complexity index is 902. The van der Waals surface area contributed by atoms with Crippen LogP contribution >= 0.6 is 0 Å². The van der Waals surface area contributed by atoms with Gasteiger partial charge in [0.1, 0.15) is 18.1 Å². The van der Waals surface area contributed by atoms with E-state index in [1.807, 2.05) is 42.5 Å². The largest absolute Gasteiger partial charge is 0.494 e. The molecule has 0 radical (unpaired) electrons. The van der Waals surface area contributed by atoms with Gasteiger partial charge in [0.15, 0.2) is 0 Å². The van der Waals surface area contributed by atoms with E-state index in [0.717, 1.165) is 21.9 Å². The van der Waals surface area contributed by atoms with E-state index in [0.29, 0.717) is 23.6 Å². The lowest BCUT2D eigenvalue weighted by atomic mass is 9.92. The van der Waals surface area contributed by atoms with Gasteiger partial charge in [0.05, 0.1) is 12.7 Å². The van der Waals surface area contributed by atoms with Crippen molar-refractivity contribution in [3.05, 3.63) is 59.8 Å². The molecule has 0 aliphatic carbocycles. The third-order valence-corrected chi connectivity index (χ3v) is 3.92. The van der Waals surface area contributed by atoms with Crippen LogP contribution in [0.25, 0.3) is 22.0 Å². The average Bonchev–Trinajstić information content (AvgIpc) is 2.93. The summed E-state index contributed by atoms with van der Waals surface area (Å²) in [6, 6.07) is 13.6. The fraction of sp³-hybridized carbons (Fsp3) is 0.111. The van der Waals surface area contributed by atoms with Gasteiger partial charge in [-0.15, -0.1) is 0 Å². The molecule has 22 heavy (non-hydrogen) atoms. The highest BCUT2D eigenvalue weighted by molar-refractivity contribution is 6.10. The monoisotopic (exact) mass is 291 g/mol. The molecule has 1 aliphatic heterocycles. The van der Waals surface area contributed by atoms with Crippen molar-refractivity contribution in [2.45, 2.75) is 6.61 Å². The first-order chi connectivity index (χ1) is 10.8. The predicted molar refractivity (Wildman–Crippen MR) is 82.9 cm³/mol. The molecule has 2 aromatic carbocycles. The highest BCUT2D eigenvalue weighted by atomic mass is 16.5. The Morgan fingerprint density at radius 2 is 2.00 bits per heavy atom. The van der Waals surface area contributed by atoms with E-state index in [2.05, 4.69) is 4.98 Å². The van der Waals surface area contributed by atoms with E-state index in [-0.39, 0.29) is 5.97 Å². The summed E-state index contributed by atoms with van der Waals surface area (Å²) in [4.78, 5) is 16.7. The highest BCUT2D eigenvalue weighted by Gasteiger charge is 2.29. The number of rotatable bonds is 2. The predicted octanol–water partition coefficient (Wildman–Crippen LogP) is 3.58. The minimum atomic E-state index is -0.302. The van der Waals surface area contributed by atoms with Crippen LogP contribution in [0.1, 0.15) is 15.9 Å². The third kappa shape index (κ3) is 1.77. The van der Waals surface area contributed by atoms with Crippen LogP contribution in [0.15, 0.2) is 48.7 Å². The number of benzene rings is 2. The van der Waals surface area contributed by atoms with Crippen LogP contribution in [-0.2, 0) is 11.3 Å². The zero-order valence-corrected chi connectivity index (χ0v) is 12.0. The Labute approximate surface area is 127 Å². The van der Waals surface area contributed by atoms with Gasteiger partial charge in [-0.25, -0.2) is 4.79 Å². The quantitative estimate of drug-likeness (QED) is 0.677. The Morgan fingerprint density at radius 1 is 1.14 bits per heavy atom. The average molecular weight is 291 g/mol. The number of fused-ring (bicyclic) bond motifs is 2. The van der Waals surface area contributed by atoms with Gasteiger partial charge in [-0.3, -0.25) is 4.98 Å². The van der Waals surface area contributed by atoms with Crippen LogP contribution in [-0.4, -0.2) is 18.1 Å². The van der Waals surface area contributed by atoms with Crippen molar-refractivity contribution >= 4 is 16.7 Å². The van der Waals surface area contributed by atoms with Crippen LogP contribution in [0.2, 0.25) is 0 Å². The Morgan fingerprint density at radius 3 is 2.86 bits per heavy atom. The summed E-state index contributed by atoms with van der Waals surface area (Å²) in [5, 5.41) is 2.03. The molecule has 0 N–H and O–H groups in total. The summed E-state index contributed by atoms with van der Waals surface area (Å²) in [5.41, 5.74) is 2.94. The molecule has 0 saturated carbocycles. The van der Waals surface area contributed by atoms with Gasteiger partial charge >= 0.3 is 5.97 Å². The van der Waals surface area contributed by atoms with Gasteiger partial charge in [0.25, 0.3) is 0 Å². The molecule has 0 amide bonds. The number of hydrogen-bond acceptors (Lipinski definition) is 4. The molecule has 108 valence electrons. The van der Waals surface area contributed by atoms with Gasteiger partial charge in [0, 0.05) is 17.3 Å². The lowest BCUT2D eigenvalue weighted by Gasteiger charge is -2.13. The highest BCUT2D eigenvalue weighted by Crippen LogP contribution is 2.40. The third-order valence-electron chi connectivity index (χ3n) is 3.92.